The van der Waals surface area contributed by atoms with Gasteiger partial charge in [0.25, 0.3) is 0 Å². The molecule has 0 saturated heterocycles. The average molecular weight is 310 g/mol. The third-order valence-corrected chi connectivity index (χ3v) is 3.81. The summed E-state index contributed by atoms with van der Waals surface area (Å²) in [5.74, 6) is -0.495. The lowest BCUT2D eigenvalue weighted by Crippen LogP contribution is -2.31. The first-order valence-corrected chi connectivity index (χ1v) is 7.08. The molecule has 21 heavy (non-hydrogen) atoms. The van der Waals surface area contributed by atoms with Crippen molar-refractivity contribution in [3.63, 3.8) is 0 Å². The molecule has 0 fully saturated rings. The molecule has 0 radical (unpaired) electrons. The number of thiophene rings is 1. The zero-order chi connectivity index (χ0) is 15.6. The lowest BCUT2D eigenvalue weighted by Gasteiger charge is -2.17. The number of rotatable bonds is 6. The van der Waals surface area contributed by atoms with E-state index >= 15 is 0 Å². The van der Waals surface area contributed by atoms with Crippen LogP contribution in [0.25, 0.3) is 10.2 Å². The molecule has 0 aliphatic rings. The Hall–Kier alpha value is -2.29. The molecule has 0 bridgehead atoms. The summed E-state index contributed by atoms with van der Waals surface area (Å²) >= 11 is 0.931. The normalized spacial score (nSPS) is 12.5. The van der Waals surface area contributed by atoms with E-state index in [4.69, 9.17) is 0 Å². The van der Waals surface area contributed by atoms with Gasteiger partial charge in [-0.05, 0) is 23.7 Å². The molecule has 2 rings (SSSR count). The van der Waals surface area contributed by atoms with Gasteiger partial charge in [0.1, 0.15) is 23.0 Å². The van der Waals surface area contributed by atoms with Gasteiger partial charge in [-0.1, -0.05) is 13.8 Å². The highest BCUT2D eigenvalue weighted by atomic mass is 32.1. The third-order valence-electron chi connectivity index (χ3n) is 2.81. The van der Waals surface area contributed by atoms with Crippen molar-refractivity contribution >= 4 is 38.3 Å². The highest BCUT2D eigenvalue weighted by molar-refractivity contribution is 7.21. The number of nitrogens with one attached hydrogen (secondary N) is 1. The minimum Gasteiger partial charge on any atom is -0.480 e. The monoisotopic (exact) mass is 310 g/mol. The fraction of sp³-hybridized carbons (Fsp3) is 0.417. The summed E-state index contributed by atoms with van der Waals surface area (Å²) in [6.07, 6.45) is 1.69. The summed E-state index contributed by atoms with van der Waals surface area (Å²) < 4.78 is 0. The summed E-state index contributed by atoms with van der Waals surface area (Å²) in [6.45, 7) is 3.84. The predicted octanol–water partition coefficient (Wildman–Crippen LogP) is 2.51. The molecule has 9 heteroatoms. The second kappa shape index (κ2) is 6.00. The van der Waals surface area contributed by atoms with Crippen molar-refractivity contribution in [1.29, 1.82) is 0 Å². The average Bonchev–Trinajstić information content (AvgIpc) is 2.82. The summed E-state index contributed by atoms with van der Waals surface area (Å²) in [4.78, 5) is 30.0. The molecule has 2 aromatic rings. The number of fused-ring (bicyclic) bond motifs is 1. The van der Waals surface area contributed by atoms with Crippen LogP contribution in [0.1, 0.15) is 20.3 Å². The molecule has 0 amide bonds. The number of anilines is 1. The maximum atomic E-state index is 11.3. The zero-order valence-corrected chi connectivity index (χ0v) is 12.3. The van der Waals surface area contributed by atoms with Crippen molar-refractivity contribution in [2.45, 2.75) is 26.3 Å². The topological polar surface area (TPSA) is 118 Å². The highest BCUT2D eigenvalue weighted by Crippen LogP contribution is 2.33. The molecule has 0 aliphatic carbocycles. The fourth-order valence-electron chi connectivity index (χ4n) is 1.91. The zero-order valence-electron chi connectivity index (χ0n) is 11.4. The first-order chi connectivity index (χ1) is 9.88. The number of nitro groups is 1. The van der Waals surface area contributed by atoms with Crippen LogP contribution >= 0.6 is 11.3 Å². The quantitative estimate of drug-likeness (QED) is 0.621. The Balaban J connectivity index is 2.36. The Morgan fingerprint density at radius 3 is 2.81 bits per heavy atom. The number of carboxylic acids is 1. The van der Waals surface area contributed by atoms with Gasteiger partial charge in [0, 0.05) is 6.07 Å². The van der Waals surface area contributed by atoms with Crippen molar-refractivity contribution in [3.8, 4) is 0 Å². The third kappa shape index (κ3) is 3.43. The first kappa shape index (κ1) is 15.1. The van der Waals surface area contributed by atoms with Crippen LogP contribution < -0.4 is 5.32 Å². The molecule has 0 spiro atoms. The number of carbonyl (C=O) groups is 1. The molecule has 0 aromatic carbocycles. The van der Waals surface area contributed by atoms with Gasteiger partial charge < -0.3 is 10.4 Å². The van der Waals surface area contributed by atoms with E-state index in [1.54, 1.807) is 0 Å². The standard InChI is InChI=1S/C12H14N4O4S/c1-6(2)3-8(12(17)18)15-10-7-4-9(16(19)20)21-11(7)14-5-13-10/h4-6,8H,3H2,1-2H3,(H,17,18)(H,13,14,15)/t8-/m1/s1. The molecule has 0 unspecified atom stereocenters. The van der Waals surface area contributed by atoms with Crippen LogP contribution in [0.15, 0.2) is 12.4 Å². The van der Waals surface area contributed by atoms with E-state index in [0.29, 0.717) is 22.5 Å². The molecule has 8 nitrogen and oxygen atoms in total. The Kier molecular flexibility index (Phi) is 4.32. The Morgan fingerprint density at radius 1 is 1.52 bits per heavy atom. The molecule has 112 valence electrons. The van der Waals surface area contributed by atoms with Gasteiger partial charge in [-0.15, -0.1) is 0 Å². The lowest BCUT2D eigenvalue weighted by molar-refractivity contribution is -0.380. The number of carboxylic acid groups (broad SMARTS) is 1. The van der Waals surface area contributed by atoms with E-state index < -0.39 is 16.9 Å². The molecular weight excluding hydrogens is 296 g/mol. The number of aliphatic carboxylic acids is 1. The Labute approximate surface area is 124 Å². The second-order valence-electron chi connectivity index (χ2n) is 4.95. The molecule has 2 heterocycles. The fourth-order valence-corrected chi connectivity index (χ4v) is 2.72. The number of hydrogen-bond acceptors (Lipinski definition) is 7. The smallest absolute Gasteiger partial charge is 0.326 e. The van der Waals surface area contributed by atoms with Gasteiger partial charge in [0.05, 0.1) is 10.3 Å². The number of nitrogens with zero attached hydrogens (tertiary/aromatic N) is 3. The van der Waals surface area contributed by atoms with E-state index in [-0.39, 0.29) is 10.9 Å². The minimum atomic E-state index is -0.986. The Morgan fingerprint density at radius 2 is 2.24 bits per heavy atom. The number of aromatic nitrogens is 2. The number of hydrogen-bond donors (Lipinski definition) is 2. The van der Waals surface area contributed by atoms with E-state index in [1.807, 2.05) is 13.8 Å². The van der Waals surface area contributed by atoms with Crippen molar-refractivity contribution in [1.82, 2.24) is 9.97 Å². The molecule has 0 saturated carbocycles. The predicted molar refractivity (Wildman–Crippen MR) is 78.6 cm³/mol. The van der Waals surface area contributed by atoms with Gasteiger partial charge >= 0.3 is 11.0 Å². The molecular formula is C12H14N4O4S. The van der Waals surface area contributed by atoms with E-state index in [0.717, 1.165) is 11.3 Å². The highest BCUT2D eigenvalue weighted by Gasteiger charge is 2.22. The van der Waals surface area contributed by atoms with Gasteiger partial charge in [-0.2, -0.15) is 0 Å². The van der Waals surface area contributed by atoms with Crippen LogP contribution in [0.3, 0.4) is 0 Å². The molecule has 0 aliphatic heterocycles. The van der Waals surface area contributed by atoms with Gasteiger partial charge in [0.2, 0.25) is 0 Å². The van der Waals surface area contributed by atoms with E-state index in [9.17, 15) is 20.0 Å². The molecule has 1 atom stereocenters. The summed E-state index contributed by atoms with van der Waals surface area (Å²) in [6, 6.07) is 0.554. The van der Waals surface area contributed by atoms with Crippen molar-refractivity contribution in [2.24, 2.45) is 5.92 Å². The first-order valence-electron chi connectivity index (χ1n) is 6.26. The van der Waals surface area contributed by atoms with Gasteiger partial charge in [0.15, 0.2) is 0 Å². The van der Waals surface area contributed by atoms with Crippen LogP contribution in [0.4, 0.5) is 10.8 Å². The molecule has 2 aromatic heterocycles. The van der Waals surface area contributed by atoms with Crippen LogP contribution in [-0.2, 0) is 4.79 Å². The van der Waals surface area contributed by atoms with Crippen molar-refractivity contribution in [3.05, 3.63) is 22.5 Å². The Bertz CT molecular complexity index is 685. The summed E-state index contributed by atoms with van der Waals surface area (Å²) in [7, 11) is 0. The van der Waals surface area contributed by atoms with Gasteiger partial charge in [-0.25, -0.2) is 14.8 Å². The largest absolute Gasteiger partial charge is 0.480 e. The summed E-state index contributed by atoms with van der Waals surface area (Å²) in [5.41, 5.74) is 0. The van der Waals surface area contributed by atoms with Crippen molar-refractivity contribution in [2.75, 3.05) is 5.32 Å². The van der Waals surface area contributed by atoms with Crippen LogP contribution in [0.2, 0.25) is 0 Å². The van der Waals surface area contributed by atoms with Crippen molar-refractivity contribution < 1.29 is 14.8 Å². The maximum Gasteiger partial charge on any atom is 0.326 e. The lowest BCUT2D eigenvalue weighted by atomic mass is 10.0. The van der Waals surface area contributed by atoms with E-state index in [2.05, 4.69) is 15.3 Å². The SMILES string of the molecule is CC(C)C[C@@H](Nc1ncnc2sc([N+](=O)[O-])cc12)C(=O)O. The molecule has 2 N–H and O–H groups in total. The van der Waals surface area contributed by atoms with Crippen LogP contribution in [0, 0.1) is 16.0 Å². The maximum absolute atomic E-state index is 11.3. The van der Waals surface area contributed by atoms with Crippen LogP contribution in [0.5, 0.6) is 0 Å². The summed E-state index contributed by atoms with van der Waals surface area (Å²) in [5, 5.41) is 23.3. The van der Waals surface area contributed by atoms with Crippen LogP contribution in [-0.4, -0.2) is 32.0 Å². The van der Waals surface area contributed by atoms with E-state index in [1.165, 1.54) is 12.4 Å². The van der Waals surface area contributed by atoms with Gasteiger partial charge in [-0.3, -0.25) is 10.1 Å². The minimum absolute atomic E-state index is 0.0516. The second-order valence-corrected chi connectivity index (χ2v) is 5.96.